The molecule has 0 spiro atoms. The molecule has 1 saturated heterocycles. The summed E-state index contributed by atoms with van der Waals surface area (Å²) in [5.41, 5.74) is 6.60. The maximum Gasteiger partial charge on any atom is 0.244 e. The maximum absolute atomic E-state index is 13.3. The van der Waals surface area contributed by atoms with E-state index in [2.05, 4.69) is 21.2 Å². The summed E-state index contributed by atoms with van der Waals surface area (Å²) in [6.07, 6.45) is 2.12. The van der Waals surface area contributed by atoms with Crippen LogP contribution in [0.25, 0.3) is 0 Å². The van der Waals surface area contributed by atoms with Gasteiger partial charge >= 0.3 is 0 Å². The molecule has 0 bridgehead atoms. The molecular weight excluding hydrogens is 313 g/mol. The highest BCUT2D eigenvalue weighted by molar-refractivity contribution is 9.10. The van der Waals surface area contributed by atoms with Gasteiger partial charge < -0.3 is 16.0 Å². The van der Waals surface area contributed by atoms with Gasteiger partial charge in [0, 0.05) is 19.2 Å². The molecule has 1 amide bonds. The molecule has 6 heteroatoms. The van der Waals surface area contributed by atoms with Crippen LogP contribution in [0.1, 0.15) is 19.8 Å². The van der Waals surface area contributed by atoms with E-state index in [4.69, 9.17) is 5.73 Å². The molecule has 1 atom stereocenters. The van der Waals surface area contributed by atoms with Gasteiger partial charge in [-0.1, -0.05) is 0 Å². The number of hydrogen-bond donors (Lipinski definition) is 2. The van der Waals surface area contributed by atoms with Crippen molar-refractivity contribution in [1.82, 2.24) is 4.90 Å². The molecule has 2 rings (SSSR count). The Morgan fingerprint density at radius 2 is 2.11 bits per heavy atom. The smallest absolute Gasteiger partial charge is 0.244 e. The van der Waals surface area contributed by atoms with Gasteiger partial charge in [-0.15, -0.1) is 0 Å². The number of carbonyl (C=O) groups is 1. The second-order valence-electron chi connectivity index (χ2n) is 4.75. The first-order valence-corrected chi connectivity index (χ1v) is 7.08. The zero-order chi connectivity index (χ0) is 14.0. The summed E-state index contributed by atoms with van der Waals surface area (Å²) >= 11 is 3.11. The van der Waals surface area contributed by atoms with E-state index in [-0.39, 0.29) is 11.9 Å². The van der Waals surface area contributed by atoms with Crippen LogP contribution >= 0.6 is 15.9 Å². The SMILES string of the molecule is CC(Nc1cc(Br)c(F)cc1N)C(=O)N1CCCC1. The summed E-state index contributed by atoms with van der Waals surface area (Å²) in [5.74, 6) is -0.362. The van der Waals surface area contributed by atoms with Crippen LogP contribution in [0.15, 0.2) is 16.6 Å². The minimum absolute atomic E-state index is 0.0531. The van der Waals surface area contributed by atoms with E-state index in [1.54, 1.807) is 13.0 Å². The zero-order valence-corrected chi connectivity index (χ0v) is 12.3. The zero-order valence-electron chi connectivity index (χ0n) is 10.7. The highest BCUT2D eigenvalue weighted by atomic mass is 79.9. The van der Waals surface area contributed by atoms with Gasteiger partial charge in [-0.05, 0) is 41.8 Å². The molecule has 19 heavy (non-hydrogen) atoms. The molecule has 1 fully saturated rings. The molecule has 1 aromatic rings. The lowest BCUT2D eigenvalue weighted by molar-refractivity contribution is -0.130. The number of nitrogens with one attached hydrogen (secondary N) is 1. The van der Waals surface area contributed by atoms with E-state index in [1.165, 1.54) is 6.07 Å². The predicted octanol–water partition coefficient (Wildman–Crippen LogP) is 2.59. The molecule has 0 aromatic heterocycles. The highest BCUT2D eigenvalue weighted by Gasteiger charge is 2.23. The van der Waals surface area contributed by atoms with Crippen molar-refractivity contribution in [1.29, 1.82) is 0 Å². The van der Waals surface area contributed by atoms with Crippen LogP contribution in [-0.4, -0.2) is 29.9 Å². The number of benzene rings is 1. The number of amides is 1. The van der Waals surface area contributed by atoms with Crippen molar-refractivity contribution >= 4 is 33.2 Å². The molecule has 1 unspecified atom stereocenters. The second kappa shape index (κ2) is 5.77. The van der Waals surface area contributed by atoms with E-state index in [9.17, 15) is 9.18 Å². The van der Waals surface area contributed by atoms with Gasteiger partial charge in [0.2, 0.25) is 5.91 Å². The number of nitrogens with zero attached hydrogens (tertiary/aromatic N) is 1. The molecule has 1 aliphatic rings. The molecule has 0 saturated carbocycles. The van der Waals surface area contributed by atoms with Crippen molar-refractivity contribution in [2.45, 2.75) is 25.8 Å². The number of hydrogen-bond acceptors (Lipinski definition) is 3. The Hall–Kier alpha value is -1.30. The molecule has 1 aromatic carbocycles. The fraction of sp³-hybridized carbons (Fsp3) is 0.462. The van der Waals surface area contributed by atoms with Gasteiger partial charge in [-0.3, -0.25) is 4.79 Å². The molecular formula is C13H17BrFN3O. The van der Waals surface area contributed by atoms with Gasteiger partial charge in [0.25, 0.3) is 0 Å². The number of anilines is 2. The van der Waals surface area contributed by atoms with Crippen LogP contribution in [0.2, 0.25) is 0 Å². The van der Waals surface area contributed by atoms with E-state index < -0.39 is 5.82 Å². The van der Waals surface area contributed by atoms with Gasteiger partial charge in [-0.25, -0.2) is 4.39 Å². The van der Waals surface area contributed by atoms with E-state index in [1.807, 2.05) is 4.90 Å². The summed E-state index contributed by atoms with van der Waals surface area (Å²) in [5, 5.41) is 3.04. The maximum atomic E-state index is 13.3. The molecule has 4 nitrogen and oxygen atoms in total. The largest absolute Gasteiger partial charge is 0.397 e. The fourth-order valence-corrected chi connectivity index (χ4v) is 2.54. The predicted molar refractivity (Wildman–Crippen MR) is 77.4 cm³/mol. The van der Waals surface area contributed by atoms with Crippen molar-refractivity contribution in [2.75, 3.05) is 24.1 Å². The summed E-state index contributed by atoms with van der Waals surface area (Å²) in [6.45, 7) is 3.41. The van der Waals surface area contributed by atoms with Gasteiger partial charge in [0.15, 0.2) is 0 Å². The topological polar surface area (TPSA) is 58.4 Å². The molecule has 0 aliphatic carbocycles. The monoisotopic (exact) mass is 329 g/mol. The van der Waals surface area contributed by atoms with E-state index in [0.29, 0.717) is 15.8 Å². The lowest BCUT2D eigenvalue weighted by atomic mass is 10.2. The van der Waals surface area contributed by atoms with Crippen LogP contribution in [0, 0.1) is 5.82 Å². The van der Waals surface area contributed by atoms with Crippen molar-refractivity contribution in [2.24, 2.45) is 0 Å². The molecule has 104 valence electrons. The standard InChI is InChI=1S/C13H17BrFN3O/c1-8(13(19)18-4-2-3-5-18)17-12-6-9(14)10(15)7-11(12)16/h6-8,17H,2-5,16H2,1H3. The van der Waals surface area contributed by atoms with Gasteiger partial charge in [0.05, 0.1) is 15.8 Å². The minimum atomic E-state index is -0.415. The summed E-state index contributed by atoms with van der Waals surface area (Å²) in [6, 6.07) is 2.41. The van der Waals surface area contributed by atoms with Crippen molar-refractivity contribution in [3.05, 3.63) is 22.4 Å². The Labute approximate surface area is 120 Å². The number of rotatable bonds is 3. The quantitative estimate of drug-likeness (QED) is 0.838. The normalized spacial score (nSPS) is 16.5. The van der Waals surface area contributed by atoms with Gasteiger partial charge in [0.1, 0.15) is 11.9 Å². The van der Waals surface area contributed by atoms with Crippen LogP contribution in [0.3, 0.4) is 0 Å². The Bertz CT molecular complexity index is 489. The van der Waals surface area contributed by atoms with Crippen LogP contribution in [0.4, 0.5) is 15.8 Å². The average molecular weight is 330 g/mol. The summed E-state index contributed by atoms with van der Waals surface area (Å²) in [7, 11) is 0. The Kier molecular flexibility index (Phi) is 4.29. The van der Waals surface area contributed by atoms with Gasteiger partial charge in [-0.2, -0.15) is 0 Å². The summed E-state index contributed by atoms with van der Waals surface area (Å²) in [4.78, 5) is 14.0. The van der Waals surface area contributed by atoms with E-state index >= 15 is 0 Å². The van der Waals surface area contributed by atoms with E-state index in [0.717, 1.165) is 25.9 Å². The van der Waals surface area contributed by atoms with Crippen molar-refractivity contribution in [3.8, 4) is 0 Å². The van der Waals surface area contributed by atoms with Crippen molar-refractivity contribution in [3.63, 3.8) is 0 Å². The lowest BCUT2D eigenvalue weighted by Crippen LogP contribution is -2.39. The Morgan fingerprint density at radius 3 is 2.74 bits per heavy atom. The first-order chi connectivity index (χ1) is 8.99. The first-order valence-electron chi connectivity index (χ1n) is 6.29. The third-order valence-corrected chi connectivity index (χ3v) is 3.86. The second-order valence-corrected chi connectivity index (χ2v) is 5.61. The minimum Gasteiger partial charge on any atom is -0.397 e. The van der Waals surface area contributed by atoms with Crippen molar-refractivity contribution < 1.29 is 9.18 Å². The number of nitrogens with two attached hydrogens (primary N) is 1. The first kappa shape index (κ1) is 14.1. The number of nitrogen functional groups attached to an aromatic ring is 1. The van der Waals surface area contributed by atoms with Crippen LogP contribution in [0.5, 0.6) is 0 Å². The summed E-state index contributed by atoms with van der Waals surface area (Å²) < 4.78 is 13.6. The number of carbonyl (C=O) groups excluding carboxylic acids is 1. The lowest BCUT2D eigenvalue weighted by Gasteiger charge is -2.22. The molecule has 0 radical (unpaired) electrons. The Balaban J connectivity index is 2.08. The highest BCUT2D eigenvalue weighted by Crippen LogP contribution is 2.27. The number of halogens is 2. The third-order valence-electron chi connectivity index (χ3n) is 3.25. The van der Waals surface area contributed by atoms with Crippen LogP contribution in [-0.2, 0) is 4.79 Å². The molecule has 1 heterocycles. The molecule has 3 N–H and O–H groups in total. The van der Waals surface area contributed by atoms with Crippen LogP contribution < -0.4 is 11.1 Å². The molecule has 1 aliphatic heterocycles. The third kappa shape index (κ3) is 3.18. The number of likely N-dealkylation sites (tertiary alicyclic amines) is 1. The fourth-order valence-electron chi connectivity index (χ4n) is 2.19. The average Bonchev–Trinajstić information content (AvgIpc) is 2.88. The Morgan fingerprint density at radius 1 is 1.47 bits per heavy atom.